The number of hydrogen-bond donors (Lipinski definition) is 1. The van der Waals surface area contributed by atoms with Gasteiger partial charge in [-0.3, -0.25) is 4.98 Å². The first-order valence-corrected chi connectivity index (χ1v) is 6.17. The molecular weight excluding hydrogens is 228 g/mol. The van der Waals surface area contributed by atoms with Crippen LogP contribution in [0.5, 0.6) is 0 Å². The van der Waals surface area contributed by atoms with Gasteiger partial charge in [0, 0.05) is 30.4 Å². The number of hydrogen-bond acceptors (Lipinski definition) is 5. The van der Waals surface area contributed by atoms with Crippen molar-refractivity contribution < 1.29 is 4.52 Å². The second kappa shape index (κ2) is 5.73. The van der Waals surface area contributed by atoms with Crippen molar-refractivity contribution in [2.45, 2.75) is 33.2 Å². The molecule has 5 nitrogen and oxygen atoms in total. The molecule has 0 fully saturated rings. The van der Waals surface area contributed by atoms with Gasteiger partial charge >= 0.3 is 0 Å². The zero-order valence-electron chi connectivity index (χ0n) is 11.0. The fraction of sp³-hybridized carbons (Fsp3) is 0.462. The Kier molecular flexibility index (Phi) is 4.04. The van der Waals surface area contributed by atoms with Crippen molar-refractivity contribution in [2.75, 3.05) is 6.54 Å². The topological polar surface area (TPSA) is 63.8 Å². The highest BCUT2D eigenvalue weighted by Gasteiger charge is 2.12. The first-order valence-electron chi connectivity index (χ1n) is 6.17. The molecule has 2 rings (SSSR count). The third-order valence-electron chi connectivity index (χ3n) is 2.76. The fourth-order valence-electron chi connectivity index (χ4n) is 1.85. The Balaban J connectivity index is 2.13. The molecule has 0 spiro atoms. The van der Waals surface area contributed by atoms with Crippen LogP contribution in [-0.4, -0.2) is 27.7 Å². The molecule has 0 radical (unpaired) electrons. The van der Waals surface area contributed by atoms with Gasteiger partial charge in [-0.2, -0.15) is 4.98 Å². The predicted octanol–water partition coefficient (Wildman–Crippen LogP) is 1.98. The van der Waals surface area contributed by atoms with Gasteiger partial charge in [-0.25, -0.2) is 0 Å². The largest absolute Gasteiger partial charge is 0.339 e. The number of nitrogens with one attached hydrogen (secondary N) is 1. The average molecular weight is 246 g/mol. The molecular formula is C13H18N4O. The van der Waals surface area contributed by atoms with Crippen molar-refractivity contribution in [3.63, 3.8) is 0 Å². The highest BCUT2D eigenvalue weighted by atomic mass is 16.5. The lowest BCUT2D eigenvalue weighted by Gasteiger charge is -2.07. The van der Waals surface area contributed by atoms with Gasteiger partial charge in [-0.05, 0) is 32.0 Å². The Labute approximate surface area is 107 Å². The van der Waals surface area contributed by atoms with Gasteiger partial charge in [-0.1, -0.05) is 12.1 Å². The van der Waals surface area contributed by atoms with Gasteiger partial charge in [0.15, 0.2) is 0 Å². The normalized spacial score (nSPS) is 12.6. The molecule has 18 heavy (non-hydrogen) atoms. The number of nitrogens with zero attached hydrogens (tertiary/aromatic N) is 3. The van der Waals surface area contributed by atoms with Crippen molar-refractivity contribution in [3.8, 4) is 11.4 Å². The van der Waals surface area contributed by atoms with Gasteiger partial charge in [-0.15, -0.1) is 0 Å². The van der Waals surface area contributed by atoms with E-state index in [4.69, 9.17) is 4.52 Å². The molecule has 1 N–H and O–H groups in total. The number of aryl methyl sites for hydroxylation is 1. The highest BCUT2D eigenvalue weighted by Crippen LogP contribution is 2.19. The summed E-state index contributed by atoms with van der Waals surface area (Å²) in [4.78, 5) is 8.47. The zero-order chi connectivity index (χ0) is 13.0. The van der Waals surface area contributed by atoms with E-state index in [1.54, 1.807) is 12.4 Å². The van der Waals surface area contributed by atoms with Gasteiger partial charge in [0.05, 0.1) is 0 Å². The SMILES string of the molecule is CCNC(C)Cc1nc(-c2ccncc2C)no1. The molecule has 2 heterocycles. The van der Waals surface area contributed by atoms with E-state index in [2.05, 4.69) is 34.3 Å². The van der Waals surface area contributed by atoms with Gasteiger partial charge in [0.25, 0.3) is 0 Å². The van der Waals surface area contributed by atoms with Crippen LogP contribution in [0.25, 0.3) is 11.4 Å². The lowest BCUT2D eigenvalue weighted by molar-refractivity contribution is 0.363. The van der Waals surface area contributed by atoms with Crippen LogP contribution in [0.1, 0.15) is 25.3 Å². The molecule has 1 atom stereocenters. The van der Waals surface area contributed by atoms with Crippen LogP contribution in [0, 0.1) is 6.92 Å². The summed E-state index contributed by atoms with van der Waals surface area (Å²) in [5.74, 6) is 1.29. The van der Waals surface area contributed by atoms with Gasteiger partial charge in [0.1, 0.15) is 0 Å². The molecule has 1 unspecified atom stereocenters. The summed E-state index contributed by atoms with van der Waals surface area (Å²) in [6, 6.07) is 2.24. The van der Waals surface area contributed by atoms with Crippen LogP contribution in [0.15, 0.2) is 23.0 Å². The monoisotopic (exact) mass is 246 g/mol. The number of aromatic nitrogens is 3. The quantitative estimate of drug-likeness (QED) is 0.874. The molecule has 0 aromatic carbocycles. The van der Waals surface area contributed by atoms with E-state index in [0.717, 1.165) is 24.1 Å². The number of rotatable bonds is 5. The smallest absolute Gasteiger partial charge is 0.228 e. The average Bonchev–Trinajstić information content (AvgIpc) is 2.78. The van der Waals surface area contributed by atoms with E-state index in [9.17, 15) is 0 Å². The molecule has 0 aliphatic rings. The van der Waals surface area contributed by atoms with Crippen molar-refractivity contribution in [1.29, 1.82) is 0 Å². The van der Waals surface area contributed by atoms with Crippen molar-refractivity contribution in [3.05, 3.63) is 29.9 Å². The second-order valence-electron chi connectivity index (χ2n) is 4.37. The lowest BCUT2D eigenvalue weighted by atomic mass is 10.1. The molecule has 96 valence electrons. The van der Waals surface area contributed by atoms with Crippen LogP contribution in [0.4, 0.5) is 0 Å². The summed E-state index contributed by atoms with van der Waals surface area (Å²) < 4.78 is 5.27. The minimum atomic E-state index is 0.335. The second-order valence-corrected chi connectivity index (χ2v) is 4.37. The summed E-state index contributed by atoms with van der Waals surface area (Å²) in [6.07, 6.45) is 4.28. The van der Waals surface area contributed by atoms with E-state index in [-0.39, 0.29) is 0 Å². The third kappa shape index (κ3) is 2.92. The first-order chi connectivity index (χ1) is 8.70. The molecule has 0 aliphatic heterocycles. The van der Waals surface area contributed by atoms with E-state index in [1.165, 1.54) is 0 Å². The minimum absolute atomic E-state index is 0.335. The van der Waals surface area contributed by atoms with E-state index < -0.39 is 0 Å². The molecule has 2 aromatic heterocycles. The van der Waals surface area contributed by atoms with Crippen molar-refractivity contribution in [1.82, 2.24) is 20.4 Å². The molecule has 0 amide bonds. The molecule has 2 aromatic rings. The van der Waals surface area contributed by atoms with Crippen LogP contribution >= 0.6 is 0 Å². The summed E-state index contributed by atoms with van der Waals surface area (Å²) in [5.41, 5.74) is 2.01. The maximum absolute atomic E-state index is 5.27. The molecule has 0 saturated carbocycles. The van der Waals surface area contributed by atoms with Crippen LogP contribution in [-0.2, 0) is 6.42 Å². The summed E-state index contributed by atoms with van der Waals surface area (Å²) >= 11 is 0. The number of pyridine rings is 1. The molecule has 0 aliphatic carbocycles. The highest BCUT2D eigenvalue weighted by molar-refractivity contribution is 5.57. The summed E-state index contributed by atoms with van der Waals surface area (Å²) in [5, 5.41) is 7.34. The Morgan fingerprint density at radius 1 is 1.44 bits per heavy atom. The van der Waals surface area contributed by atoms with Crippen molar-refractivity contribution in [2.24, 2.45) is 0 Å². The van der Waals surface area contributed by atoms with E-state index >= 15 is 0 Å². The Bertz CT molecular complexity index is 509. The summed E-state index contributed by atoms with van der Waals surface area (Å²) in [7, 11) is 0. The first kappa shape index (κ1) is 12.7. The Morgan fingerprint density at radius 2 is 2.28 bits per heavy atom. The maximum atomic E-state index is 5.27. The predicted molar refractivity (Wildman–Crippen MR) is 69.1 cm³/mol. The fourth-order valence-corrected chi connectivity index (χ4v) is 1.85. The zero-order valence-corrected chi connectivity index (χ0v) is 11.0. The Hall–Kier alpha value is -1.75. The van der Waals surface area contributed by atoms with Crippen LogP contribution < -0.4 is 5.32 Å². The van der Waals surface area contributed by atoms with Crippen molar-refractivity contribution >= 4 is 0 Å². The molecule has 5 heteroatoms. The minimum Gasteiger partial charge on any atom is -0.339 e. The lowest BCUT2D eigenvalue weighted by Crippen LogP contribution is -2.27. The maximum Gasteiger partial charge on any atom is 0.228 e. The molecule has 0 bridgehead atoms. The van der Waals surface area contributed by atoms with E-state index in [1.807, 2.05) is 13.0 Å². The third-order valence-corrected chi connectivity index (χ3v) is 2.76. The van der Waals surface area contributed by atoms with Crippen LogP contribution in [0.2, 0.25) is 0 Å². The number of likely N-dealkylation sites (N-methyl/N-ethyl adjacent to an activating group) is 1. The van der Waals surface area contributed by atoms with Crippen LogP contribution in [0.3, 0.4) is 0 Å². The van der Waals surface area contributed by atoms with Gasteiger partial charge < -0.3 is 9.84 Å². The van der Waals surface area contributed by atoms with Gasteiger partial charge in [0.2, 0.25) is 11.7 Å². The van der Waals surface area contributed by atoms with E-state index in [0.29, 0.717) is 17.8 Å². The molecule has 0 saturated heterocycles. The summed E-state index contributed by atoms with van der Waals surface area (Å²) in [6.45, 7) is 7.10. The Morgan fingerprint density at radius 3 is 3.00 bits per heavy atom. The standard InChI is InChI=1S/C13H18N4O/c1-4-15-10(3)7-12-16-13(17-18-12)11-5-6-14-8-9(11)2/h5-6,8,10,15H,4,7H2,1-3H3.